The first-order chi connectivity index (χ1) is 11.6. The van der Waals surface area contributed by atoms with Crippen LogP contribution in [0.3, 0.4) is 0 Å². The van der Waals surface area contributed by atoms with E-state index in [1.165, 1.54) is 19.3 Å². The van der Waals surface area contributed by atoms with Crippen LogP contribution >= 0.6 is 12.4 Å². The van der Waals surface area contributed by atoms with Gasteiger partial charge in [-0.15, -0.1) is 12.4 Å². The fourth-order valence-corrected chi connectivity index (χ4v) is 2.69. The number of rotatable bonds is 9. The second kappa shape index (κ2) is 10.0. The molecule has 7 heteroatoms. The third kappa shape index (κ3) is 4.95. The Kier molecular flexibility index (Phi) is 8.41. The summed E-state index contributed by atoms with van der Waals surface area (Å²) in [7, 11) is 3.14. The highest BCUT2D eigenvalue weighted by Crippen LogP contribution is 2.35. The van der Waals surface area contributed by atoms with E-state index >= 15 is 0 Å². The number of benzene rings is 1. The zero-order valence-corrected chi connectivity index (χ0v) is 15.9. The Morgan fingerprint density at radius 1 is 1.08 bits per heavy atom. The van der Waals surface area contributed by atoms with Gasteiger partial charge in [-0.25, -0.2) is 9.97 Å². The zero-order chi connectivity index (χ0) is 17.5. The number of ether oxygens (including phenoxy) is 2. The highest BCUT2D eigenvalue weighted by atomic mass is 35.5. The molecule has 0 saturated heterocycles. The number of hydrogen-bond acceptors (Lipinski definition) is 6. The fraction of sp³-hybridized carbons (Fsp3) is 0.500. The second-order valence-corrected chi connectivity index (χ2v) is 5.77. The van der Waals surface area contributed by atoms with Crippen molar-refractivity contribution in [3.8, 4) is 11.5 Å². The number of anilines is 1. The summed E-state index contributed by atoms with van der Waals surface area (Å²) in [5.41, 5.74) is 7.05. The SMILES string of the molecule is CCCCCCCC(=N)c1nc(N)c2ccc(OC)c(OC)c2n1.Cl. The second-order valence-electron chi connectivity index (χ2n) is 5.77. The lowest BCUT2D eigenvalue weighted by molar-refractivity contribution is 0.358. The van der Waals surface area contributed by atoms with Gasteiger partial charge in [0.25, 0.3) is 0 Å². The van der Waals surface area contributed by atoms with Crippen molar-refractivity contribution in [3.63, 3.8) is 0 Å². The van der Waals surface area contributed by atoms with Gasteiger partial charge in [-0.1, -0.05) is 32.6 Å². The van der Waals surface area contributed by atoms with Crippen LogP contribution in [0.5, 0.6) is 11.5 Å². The summed E-state index contributed by atoms with van der Waals surface area (Å²) in [6.45, 7) is 2.19. The number of fused-ring (bicyclic) bond motifs is 1. The van der Waals surface area contributed by atoms with Crippen LogP contribution in [0.4, 0.5) is 5.82 Å². The van der Waals surface area contributed by atoms with E-state index in [4.69, 9.17) is 20.6 Å². The number of nitrogen functional groups attached to an aromatic ring is 1. The summed E-state index contributed by atoms with van der Waals surface area (Å²) in [6, 6.07) is 3.59. The summed E-state index contributed by atoms with van der Waals surface area (Å²) in [5.74, 6) is 1.81. The average Bonchev–Trinajstić information content (AvgIpc) is 2.60. The molecular formula is C18H27ClN4O2. The van der Waals surface area contributed by atoms with E-state index in [2.05, 4.69) is 16.9 Å². The van der Waals surface area contributed by atoms with Crippen molar-refractivity contribution < 1.29 is 9.47 Å². The summed E-state index contributed by atoms with van der Waals surface area (Å²) < 4.78 is 10.7. The molecule has 0 aliphatic carbocycles. The number of nitrogens with zero attached hydrogens (tertiary/aromatic N) is 2. The molecule has 138 valence electrons. The molecule has 0 aliphatic rings. The number of nitrogens with two attached hydrogens (primary N) is 1. The standard InChI is InChI=1S/C18H26N4O2.ClH/c1-4-5-6-7-8-9-13(19)18-21-15-12(17(20)22-18)10-11-14(23-2)16(15)24-3;/h10-11,19H,4-9H2,1-3H3,(H2,20,21,22);1H. The highest BCUT2D eigenvalue weighted by molar-refractivity contribution is 6.00. The van der Waals surface area contributed by atoms with Crippen LogP contribution in [0, 0.1) is 5.41 Å². The molecule has 3 N–H and O–H groups in total. The van der Waals surface area contributed by atoms with Gasteiger partial charge >= 0.3 is 0 Å². The summed E-state index contributed by atoms with van der Waals surface area (Å²) in [6.07, 6.45) is 6.40. The van der Waals surface area contributed by atoms with Crippen LogP contribution in [0.25, 0.3) is 10.9 Å². The van der Waals surface area contributed by atoms with E-state index in [9.17, 15) is 0 Å². The van der Waals surface area contributed by atoms with Gasteiger partial charge in [0.1, 0.15) is 11.3 Å². The van der Waals surface area contributed by atoms with Gasteiger partial charge in [0, 0.05) is 5.39 Å². The predicted octanol–water partition coefficient (Wildman–Crippen LogP) is 4.38. The Labute approximate surface area is 155 Å². The summed E-state index contributed by atoms with van der Waals surface area (Å²) >= 11 is 0. The van der Waals surface area contributed by atoms with E-state index in [0.29, 0.717) is 46.2 Å². The molecule has 1 heterocycles. The average molecular weight is 367 g/mol. The van der Waals surface area contributed by atoms with Gasteiger partial charge in [0.05, 0.1) is 19.9 Å². The Bertz CT molecular complexity index is 722. The molecule has 1 aromatic carbocycles. The number of nitrogens with one attached hydrogen (secondary N) is 1. The summed E-state index contributed by atoms with van der Waals surface area (Å²) in [4.78, 5) is 8.80. The molecule has 0 radical (unpaired) electrons. The molecule has 0 saturated carbocycles. The Hall–Kier alpha value is -2.08. The number of aromatic nitrogens is 2. The van der Waals surface area contributed by atoms with Crippen LogP contribution in [0.1, 0.15) is 51.3 Å². The van der Waals surface area contributed by atoms with Crippen molar-refractivity contribution in [1.29, 1.82) is 5.41 Å². The monoisotopic (exact) mass is 366 g/mol. The molecule has 2 rings (SSSR count). The minimum Gasteiger partial charge on any atom is -0.493 e. The topological polar surface area (TPSA) is 94.1 Å². The molecule has 6 nitrogen and oxygen atoms in total. The van der Waals surface area contributed by atoms with Crippen molar-refractivity contribution in [3.05, 3.63) is 18.0 Å². The maximum absolute atomic E-state index is 8.26. The zero-order valence-electron chi connectivity index (χ0n) is 15.1. The van der Waals surface area contributed by atoms with Gasteiger partial charge in [0.2, 0.25) is 0 Å². The van der Waals surface area contributed by atoms with Crippen molar-refractivity contribution >= 4 is 34.8 Å². The largest absolute Gasteiger partial charge is 0.493 e. The van der Waals surface area contributed by atoms with E-state index in [-0.39, 0.29) is 12.4 Å². The van der Waals surface area contributed by atoms with Gasteiger partial charge in [0.15, 0.2) is 17.3 Å². The molecule has 0 aliphatic heterocycles. The molecule has 0 atom stereocenters. The minimum atomic E-state index is 0. The maximum atomic E-state index is 8.26. The number of hydrogen-bond donors (Lipinski definition) is 2. The lowest BCUT2D eigenvalue weighted by Gasteiger charge is -2.12. The Balaban J connectivity index is 0.00000312. The highest BCUT2D eigenvalue weighted by Gasteiger charge is 2.16. The minimum absolute atomic E-state index is 0. The maximum Gasteiger partial charge on any atom is 0.187 e. The molecule has 0 bridgehead atoms. The third-order valence-electron chi connectivity index (χ3n) is 4.04. The lowest BCUT2D eigenvalue weighted by atomic mass is 10.1. The van der Waals surface area contributed by atoms with Gasteiger partial charge in [-0.05, 0) is 25.0 Å². The molecule has 2 aromatic rings. The molecular weight excluding hydrogens is 340 g/mol. The quantitative estimate of drug-likeness (QED) is 0.507. The van der Waals surface area contributed by atoms with E-state index < -0.39 is 0 Å². The summed E-state index contributed by atoms with van der Waals surface area (Å²) in [5, 5.41) is 8.96. The van der Waals surface area contributed by atoms with Crippen molar-refractivity contribution in [2.75, 3.05) is 20.0 Å². The van der Waals surface area contributed by atoms with Gasteiger partial charge in [-0.2, -0.15) is 0 Å². The van der Waals surface area contributed by atoms with E-state index in [1.54, 1.807) is 20.3 Å². The van der Waals surface area contributed by atoms with Gasteiger partial charge < -0.3 is 20.6 Å². The van der Waals surface area contributed by atoms with Crippen molar-refractivity contribution in [2.45, 2.75) is 45.4 Å². The van der Waals surface area contributed by atoms with Crippen molar-refractivity contribution in [1.82, 2.24) is 9.97 Å². The third-order valence-corrected chi connectivity index (χ3v) is 4.04. The first-order valence-electron chi connectivity index (χ1n) is 8.38. The first kappa shape index (κ1) is 21.0. The number of unbranched alkanes of at least 4 members (excludes halogenated alkanes) is 4. The lowest BCUT2D eigenvalue weighted by Crippen LogP contribution is -2.09. The molecule has 1 aromatic heterocycles. The van der Waals surface area contributed by atoms with Crippen LogP contribution in [-0.2, 0) is 0 Å². The number of methoxy groups -OCH3 is 2. The van der Waals surface area contributed by atoms with Gasteiger partial charge in [-0.3, -0.25) is 0 Å². The molecule has 0 fully saturated rings. The normalized spacial score (nSPS) is 10.4. The predicted molar refractivity (Wildman–Crippen MR) is 105 cm³/mol. The molecule has 0 spiro atoms. The first-order valence-corrected chi connectivity index (χ1v) is 8.38. The molecule has 0 unspecified atom stereocenters. The molecule has 0 amide bonds. The Morgan fingerprint density at radius 3 is 2.44 bits per heavy atom. The smallest absolute Gasteiger partial charge is 0.187 e. The van der Waals surface area contributed by atoms with Crippen molar-refractivity contribution in [2.24, 2.45) is 0 Å². The van der Waals surface area contributed by atoms with E-state index in [0.717, 1.165) is 12.8 Å². The van der Waals surface area contributed by atoms with Crippen LogP contribution in [-0.4, -0.2) is 29.9 Å². The Morgan fingerprint density at radius 2 is 1.80 bits per heavy atom. The van der Waals surface area contributed by atoms with E-state index in [1.807, 2.05) is 6.07 Å². The van der Waals surface area contributed by atoms with Crippen LogP contribution in [0.2, 0.25) is 0 Å². The fourth-order valence-electron chi connectivity index (χ4n) is 2.69. The number of halogens is 1. The van der Waals surface area contributed by atoms with Crippen LogP contribution < -0.4 is 15.2 Å². The molecule has 25 heavy (non-hydrogen) atoms. The van der Waals surface area contributed by atoms with Crippen LogP contribution in [0.15, 0.2) is 12.1 Å².